The van der Waals surface area contributed by atoms with Gasteiger partial charge in [0.1, 0.15) is 0 Å². The summed E-state index contributed by atoms with van der Waals surface area (Å²) in [7, 11) is 0. The average molecular weight is 344 g/mol. The molecule has 1 saturated carbocycles. The molecule has 2 aliphatic rings. The second-order valence-electron chi connectivity index (χ2n) is 5.96. The van der Waals surface area contributed by atoms with E-state index in [2.05, 4.69) is 25.6 Å². The van der Waals surface area contributed by atoms with Gasteiger partial charge in [-0.2, -0.15) is 15.0 Å². The van der Waals surface area contributed by atoms with E-state index >= 15 is 0 Å². The lowest BCUT2D eigenvalue weighted by Gasteiger charge is -2.16. The van der Waals surface area contributed by atoms with Crippen molar-refractivity contribution >= 4 is 23.5 Å². The van der Waals surface area contributed by atoms with E-state index in [1.165, 1.54) is 25.7 Å². The highest BCUT2D eigenvalue weighted by molar-refractivity contribution is 6.28. The topological polar surface area (TPSA) is 62.7 Å². The van der Waals surface area contributed by atoms with Crippen LogP contribution in [0, 0.1) is 0 Å². The smallest absolute Gasteiger partial charge is 0.233 e. The Bertz CT molecular complexity index is 670. The fourth-order valence-electron chi connectivity index (χ4n) is 2.86. The third kappa shape index (κ3) is 5.20. The lowest BCUT2D eigenvalue weighted by Crippen LogP contribution is -2.20. The number of hydrogen-bond donors (Lipinski definition) is 2. The van der Waals surface area contributed by atoms with Crippen molar-refractivity contribution in [1.29, 1.82) is 0 Å². The monoisotopic (exact) mass is 343 g/mol. The number of halogens is 1. The summed E-state index contributed by atoms with van der Waals surface area (Å²) in [4.78, 5) is 12.8. The Balaban J connectivity index is 1.71. The first kappa shape index (κ1) is 16.7. The number of nitrogens with one attached hydrogen (secondary N) is 2. The molecular formula is C18H22ClN5. The molecule has 0 radical (unpaired) electrons. The minimum absolute atomic E-state index is 0.189. The highest BCUT2D eigenvalue weighted by atomic mass is 35.5. The number of anilines is 2. The summed E-state index contributed by atoms with van der Waals surface area (Å²) in [6, 6.07) is 0.410. The highest BCUT2D eigenvalue weighted by Crippen LogP contribution is 2.21. The predicted octanol–water partition coefficient (Wildman–Crippen LogP) is 4.64. The minimum Gasteiger partial charge on any atom is -0.351 e. The highest BCUT2D eigenvalue weighted by Gasteiger charge is 2.14. The third-order valence-electron chi connectivity index (χ3n) is 4.05. The first-order valence-electron chi connectivity index (χ1n) is 8.46. The van der Waals surface area contributed by atoms with Gasteiger partial charge in [-0.15, -0.1) is 0 Å². The van der Waals surface area contributed by atoms with Crippen LogP contribution in [0.3, 0.4) is 0 Å². The molecule has 3 rings (SSSR count). The molecule has 0 aromatic carbocycles. The summed E-state index contributed by atoms with van der Waals surface area (Å²) >= 11 is 6.07. The van der Waals surface area contributed by atoms with Crippen molar-refractivity contribution in [2.24, 2.45) is 0 Å². The fraction of sp³-hybridized carbons (Fsp3) is 0.389. The maximum absolute atomic E-state index is 6.07. The molecule has 1 aromatic heterocycles. The van der Waals surface area contributed by atoms with Crippen LogP contribution in [0.15, 0.2) is 48.2 Å². The molecule has 5 nitrogen and oxygen atoms in total. The van der Waals surface area contributed by atoms with Gasteiger partial charge in [0.15, 0.2) is 0 Å². The van der Waals surface area contributed by atoms with Gasteiger partial charge in [-0.1, -0.05) is 56.1 Å². The molecule has 6 heteroatoms. The SMILES string of the molecule is Clc1nc(NC2=C/C=C\C=C/C=C\2)nc(NC2CCCCCC2)n1. The molecule has 0 amide bonds. The molecule has 2 aliphatic carbocycles. The molecular weight excluding hydrogens is 322 g/mol. The number of rotatable bonds is 4. The van der Waals surface area contributed by atoms with Crippen LogP contribution in [0.5, 0.6) is 0 Å². The molecule has 1 aromatic rings. The Morgan fingerprint density at radius 3 is 2.38 bits per heavy atom. The van der Waals surface area contributed by atoms with Crippen molar-refractivity contribution in [3.8, 4) is 0 Å². The van der Waals surface area contributed by atoms with Crippen molar-refractivity contribution in [2.75, 3.05) is 10.6 Å². The summed E-state index contributed by atoms with van der Waals surface area (Å²) in [6.45, 7) is 0. The van der Waals surface area contributed by atoms with Gasteiger partial charge in [0.25, 0.3) is 0 Å². The largest absolute Gasteiger partial charge is 0.351 e. The third-order valence-corrected chi connectivity index (χ3v) is 4.22. The Kier molecular flexibility index (Phi) is 6.01. The van der Waals surface area contributed by atoms with E-state index < -0.39 is 0 Å². The first-order chi connectivity index (χ1) is 11.8. The van der Waals surface area contributed by atoms with Crippen molar-refractivity contribution < 1.29 is 0 Å². The van der Waals surface area contributed by atoms with E-state index in [1.54, 1.807) is 0 Å². The molecule has 0 atom stereocenters. The van der Waals surface area contributed by atoms with Crippen LogP contribution in [0.1, 0.15) is 38.5 Å². The summed E-state index contributed by atoms with van der Waals surface area (Å²) in [5, 5.41) is 6.78. The lowest BCUT2D eigenvalue weighted by molar-refractivity contribution is 0.614. The van der Waals surface area contributed by atoms with Crippen LogP contribution in [0.4, 0.5) is 11.9 Å². The van der Waals surface area contributed by atoms with Crippen LogP contribution in [-0.2, 0) is 0 Å². The molecule has 0 unspecified atom stereocenters. The van der Waals surface area contributed by atoms with Crippen molar-refractivity contribution in [3.63, 3.8) is 0 Å². The lowest BCUT2D eigenvalue weighted by atomic mass is 10.1. The average Bonchev–Trinajstić information content (AvgIpc) is 2.78. The van der Waals surface area contributed by atoms with E-state index in [9.17, 15) is 0 Å². The number of hydrogen-bond acceptors (Lipinski definition) is 5. The van der Waals surface area contributed by atoms with E-state index in [1.807, 2.05) is 42.5 Å². The van der Waals surface area contributed by atoms with Crippen LogP contribution in [0.25, 0.3) is 0 Å². The molecule has 2 N–H and O–H groups in total. The van der Waals surface area contributed by atoms with Crippen molar-refractivity contribution in [3.05, 3.63) is 53.5 Å². The van der Waals surface area contributed by atoms with Gasteiger partial charge in [-0.25, -0.2) is 0 Å². The molecule has 0 saturated heterocycles. The summed E-state index contributed by atoms with van der Waals surface area (Å²) in [6.07, 6.45) is 21.1. The predicted molar refractivity (Wildman–Crippen MR) is 99.1 cm³/mol. The first-order valence-corrected chi connectivity index (χ1v) is 8.84. The molecule has 24 heavy (non-hydrogen) atoms. The maximum Gasteiger partial charge on any atom is 0.233 e. The molecule has 1 fully saturated rings. The zero-order valence-corrected chi connectivity index (χ0v) is 14.3. The van der Waals surface area contributed by atoms with E-state index in [4.69, 9.17) is 11.6 Å². The minimum atomic E-state index is 0.189. The van der Waals surface area contributed by atoms with Gasteiger partial charge >= 0.3 is 0 Å². The molecule has 1 heterocycles. The molecule has 0 aliphatic heterocycles. The zero-order chi connectivity index (χ0) is 16.6. The second kappa shape index (κ2) is 8.64. The van der Waals surface area contributed by atoms with Crippen LogP contribution < -0.4 is 10.6 Å². The Hall–Kier alpha value is -2.14. The van der Waals surface area contributed by atoms with E-state index in [-0.39, 0.29) is 5.28 Å². The fourth-order valence-corrected chi connectivity index (χ4v) is 3.02. The van der Waals surface area contributed by atoms with E-state index in [0.717, 1.165) is 18.5 Å². The second-order valence-corrected chi connectivity index (χ2v) is 6.30. The van der Waals surface area contributed by atoms with Crippen LogP contribution >= 0.6 is 11.6 Å². The molecule has 126 valence electrons. The van der Waals surface area contributed by atoms with Gasteiger partial charge in [-0.3, -0.25) is 0 Å². The van der Waals surface area contributed by atoms with Crippen LogP contribution in [0.2, 0.25) is 5.28 Å². The summed E-state index contributed by atoms with van der Waals surface area (Å²) in [5.74, 6) is 0.982. The summed E-state index contributed by atoms with van der Waals surface area (Å²) in [5.41, 5.74) is 0.887. The van der Waals surface area contributed by atoms with Gasteiger partial charge in [0, 0.05) is 11.7 Å². The maximum atomic E-state index is 6.07. The number of nitrogens with zero attached hydrogens (tertiary/aromatic N) is 3. The van der Waals surface area contributed by atoms with Crippen LogP contribution in [-0.4, -0.2) is 21.0 Å². The van der Waals surface area contributed by atoms with Gasteiger partial charge < -0.3 is 10.6 Å². The summed E-state index contributed by atoms with van der Waals surface area (Å²) < 4.78 is 0. The van der Waals surface area contributed by atoms with Gasteiger partial charge in [0.05, 0.1) is 0 Å². The van der Waals surface area contributed by atoms with Gasteiger partial charge in [0.2, 0.25) is 17.2 Å². The standard InChI is InChI=1S/C18H22ClN5/c19-16-22-17(20-14-10-6-2-1-3-7-11-14)24-18(23-16)21-15-12-8-4-5-9-13-15/h1-3,6-7,10-11,15H,4-5,8-9,12-13H2,(H2,20,21,22,23,24)/b2-1-,3-1?,6-2?,7-3-,10-6-,11-7?,14-10?,14-11+. The Morgan fingerprint density at radius 1 is 0.833 bits per heavy atom. The number of aromatic nitrogens is 3. The van der Waals surface area contributed by atoms with Gasteiger partial charge in [-0.05, 0) is 36.6 Å². The Labute approximate surface area is 147 Å². The quantitative estimate of drug-likeness (QED) is 0.780. The van der Waals surface area contributed by atoms with E-state index in [0.29, 0.717) is 17.9 Å². The molecule has 0 bridgehead atoms. The van der Waals surface area contributed by atoms with Crippen molar-refractivity contribution in [2.45, 2.75) is 44.6 Å². The zero-order valence-electron chi connectivity index (χ0n) is 13.6. The molecule has 0 spiro atoms. The Morgan fingerprint density at radius 2 is 1.54 bits per heavy atom. The normalized spacial score (nSPS) is 24.6. The van der Waals surface area contributed by atoms with Crippen molar-refractivity contribution in [1.82, 2.24) is 15.0 Å². The number of allylic oxidation sites excluding steroid dienone is 7.